The minimum Gasteiger partial charge on any atom is -0.491 e. The summed E-state index contributed by atoms with van der Waals surface area (Å²) < 4.78 is 5.63. The first kappa shape index (κ1) is 23.5. The molecule has 0 saturated carbocycles. The summed E-state index contributed by atoms with van der Waals surface area (Å²) in [6.07, 6.45) is 4.42. The molecule has 0 fully saturated rings. The van der Waals surface area contributed by atoms with Crippen molar-refractivity contribution in [2.45, 2.75) is 44.4 Å². The Morgan fingerprint density at radius 1 is 1.10 bits per heavy atom. The lowest BCUT2D eigenvalue weighted by Gasteiger charge is -2.11. The van der Waals surface area contributed by atoms with Crippen molar-refractivity contribution in [2.24, 2.45) is 0 Å². The third kappa shape index (κ3) is 8.33. The second-order valence-corrected chi connectivity index (χ2v) is 8.05. The number of para-hydroxylation sites is 2. The van der Waals surface area contributed by atoms with Gasteiger partial charge in [-0.25, -0.2) is 0 Å². The fraction of sp³-hybridized carbons (Fsp3) is 0.333. The second kappa shape index (κ2) is 12.8. The summed E-state index contributed by atoms with van der Waals surface area (Å²) in [6, 6.07) is 15.4. The van der Waals surface area contributed by atoms with Gasteiger partial charge in [0.2, 0.25) is 5.91 Å². The Bertz CT molecular complexity index is 862. The van der Waals surface area contributed by atoms with Crippen LogP contribution in [0, 0.1) is 0 Å². The Morgan fingerprint density at radius 3 is 2.53 bits per heavy atom. The van der Waals surface area contributed by atoms with Crippen LogP contribution in [-0.2, 0) is 9.59 Å². The highest BCUT2D eigenvalue weighted by Gasteiger charge is 2.08. The van der Waals surface area contributed by atoms with Crippen LogP contribution in [0.25, 0.3) is 5.57 Å². The van der Waals surface area contributed by atoms with Gasteiger partial charge in [-0.1, -0.05) is 37.6 Å². The lowest BCUT2D eigenvalue weighted by Crippen LogP contribution is -2.10. The van der Waals surface area contributed by atoms with Crippen molar-refractivity contribution in [3.8, 4) is 5.75 Å². The standard InChI is InChI=1S/C24H29NO4S/c1-3-4-16-30-20-13-11-19(12-14-20)18(2)17-23(26)25-21-8-5-6-9-22(21)29-15-7-10-24(27)28/h5-6,8-9,11-14,17H,3-4,7,10,15-16H2,1-2H3,(H,25,26)(H,27,28). The molecule has 0 atom stereocenters. The van der Waals surface area contributed by atoms with Crippen LogP contribution in [0.5, 0.6) is 5.75 Å². The maximum atomic E-state index is 12.5. The van der Waals surface area contributed by atoms with Crippen molar-refractivity contribution in [2.75, 3.05) is 17.7 Å². The Hall–Kier alpha value is -2.73. The van der Waals surface area contributed by atoms with Gasteiger partial charge in [0.25, 0.3) is 0 Å². The number of nitrogens with one attached hydrogen (secondary N) is 1. The predicted molar refractivity (Wildman–Crippen MR) is 123 cm³/mol. The summed E-state index contributed by atoms with van der Waals surface area (Å²) in [7, 11) is 0. The number of hydrogen-bond acceptors (Lipinski definition) is 4. The van der Waals surface area contributed by atoms with E-state index in [0.29, 0.717) is 17.9 Å². The summed E-state index contributed by atoms with van der Waals surface area (Å²) in [6.45, 7) is 4.37. The molecule has 0 aliphatic carbocycles. The number of anilines is 1. The SMILES string of the molecule is CCCCSc1ccc(C(C)=CC(=O)Nc2ccccc2OCCCC(=O)O)cc1. The largest absolute Gasteiger partial charge is 0.491 e. The number of unbranched alkanes of at least 4 members (excludes halogenated alkanes) is 1. The van der Waals surface area contributed by atoms with Gasteiger partial charge in [0.1, 0.15) is 5.75 Å². The van der Waals surface area contributed by atoms with E-state index in [1.165, 1.54) is 17.7 Å². The van der Waals surface area contributed by atoms with Gasteiger partial charge in [-0.05, 0) is 60.9 Å². The first-order valence-corrected chi connectivity index (χ1v) is 11.1. The molecular weight excluding hydrogens is 398 g/mol. The summed E-state index contributed by atoms with van der Waals surface area (Å²) in [4.78, 5) is 24.3. The van der Waals surface area contributed by atoms with Gasteiger partial charge < -0.3 is 15.2 Å². The molecule has 2 N–H and O–H groups in total. The number of aliphatic carboxylic acids is 1. The lowest BCUT2D eigenvalue weighted by atomic mass is 10.1. The molecule has 1 amide bonds. The fourth-order valence-electron chi connectivity index (χ4n) is 2.70. The van der Waals surface area contributed by atoms with Crippen LogP contribution in [0.4, 0.5) is 5.69 Å². The minimum absolute atomic E-state index is 0.0480. The van der Waals surface area contributed by atoms with E-state index in [9.17, 15) is 9.59 Å². The van der Waals surface area contributed by atoms with Crippen molar-refractivity contribution in [1.82, 2.24) is 0 Å². The molecule has 2 aromatic carbocycles. The fourth-order valence-corrected chi connectivity index (χ4v) is 3.70. The highest BCUT2D eigenvalue weighted by atomic mass is 32.2. The molecule has 2 aromatic rings. The number of carboxylic acids is 1. The van der Waals surface area contributed by atoms with Crippen LogP contribution >= 0.6 is 11.8 Å². The second-order valence-electron chi connectivity index (χ2n) is 6.88. The number of carbonyl (C=O) groups excluding carboxylic acids is 1. The monoisotopic (exact) mass is 427 g/mol. The molecular formula is C24H29NO4S. The molecule has 160 valence electrons. The average molecular weight is 428 g/mol. The van der Waals surface area contributed by atoms with Crippen LogP contribution in [0.3, 0.4) is 0 Å². The first-order valence-electron chi connectivity index (χ1n) is 10.2. The van der Waals surface area contributed by atoms with Crippen LogP contribution in [-0.4, -0.2) is 29.3 Å². The molecule has 0 heterocycles. The average Bonchev–Trinajstić information content (AvgIpc) is 2.72. The molecule has 0 aromatic heterocycles. The highest BCUT2D eigenvalue weighted by molar-refractivity contribution is 7.99. The number of carboxylic acid groups (broad SMARTS) is 1. The predicted octanol–water partition coefficient (Wildman–Crippen LogP) is 5.86. The van der Waals surface area contributed by atoms with Gasteiger partial charge in [-0.2, -0.15) is 0 Å². The van der Waals surface area contributed by atoms with Crippen LogP contribution in [0.2, 0.25) is 0 Å². The maximum Gasteiger partial charge on any atom is 0.303 e. The van der Waals surface area contributed by atoms with Gasteiger partial charge in [-0.15, -0.1) is 11.8 Å². The van der Waals surface area contributed by atoms with Crippen molar-refractivity contribution >= 4 is 34.9 Å². The molecule has 0 aliphatic heterocycles. The molecule has 2 rings (SSSR count). The number of hydrogen-bond donors (Lipinski definition) is 2. The zero-order chi connectivity index (χ0) is 21.8. The number of carbonyl (C=O) groups is 2. The molecule has 6 heteroatoms. The van der Waals surface area contributed by atoms with Crippen molar-refractivity contribution in [3.63, 3.8) is 0 Å². The van der Waals surface area contributed by atoms with E-state index in [0.717, 1.165) is 16.9 Å². The van der Waals surface area contributed by atoms with E-state index in [2.05, 4.69) is 24.4 Å². The van der Waals surface area contributed by atoms with Gasteiger partial charge >= 0.3 is 5.97 Å². The van der Waals surface area contributed by atoms with Gasteiger partial charge in [0, 0.05) is 17.4 Å². The topological polar surface area (TPSA) is 75.6 Å². The summed E-state index contributed by atoms with van der Waals surface area (Å²) in [5.41, 5.74) is 2.44. The number of benzene rings is 2. The van der Waals surface area contributed by atoms with Gasteiger partial charge in [-0.3, -0.25) is 9.59 Å². The summed E-state index contributed by atoms with van der Waals surface area (Å²) in [5, 5.41) is 11.6. The molecule has 0 aliphatic rings. The maximum absolute atomic E-state index is 12.5. The smallest absolute Gasteiger partial charge is 0.303 e. The van der Waals surface area contributed by atoms with Crippen LogP contribution in [0.1, 0.15) is 45.1 Å². The molecule has 0 unspecified atom stereocenters. The normalized spacial score (nSPS) is 11.2. The number of allylic oxidation sites excluding steroid dienone is 1. The van der Waals surface area contributed by atoms with E-state index < -0.39 is 5.97 Å². The van der Waals surface area contributed by atoms with E-state index >= 15 is 0 Å². The third-order valence-corrected chi connectivity index (χ3v) is 5.46. The van der Waals surface area contributed by atoms with Crippen molar-refractivity contribution < 1.29 is 19.4 Å². The molecule has 5 nitrogen and oxygen atoms in total. The molecule has 0 bridgehead atoms. The molecule has 0 spiro atoms. The molecule has 30 heavy (non-hydrogen) atoms. The zero-order valence-corrected chi connectivity index (χ0v) is 18.3. The van der Waals surface area contributed by atoms with E-state index in [-0.39, 0.29) is 18.9 Å². The first-order chi connectivity index (χ1) is 14.5. The quantitative estimate of drug-likeness (QED) is 0.252. The Kier molecular flexibility index (Phi) is 10.0. The number of thioether (sulfide) groups is 1. The van der Waals surface area contributed by atoms with Gasteiger partial charge in [0.05, 0.1) is 12.3 Å². The number of ether oxygens (including phenoxy) is 1. The Morgan fingerprint density at radius 2 is 1.83 bits per heavy atom. The van der Waals surface area contributed by atoms with Crippen molar-refractivity contribution in [3.05, 3.63) is 60.2 Å². The van der Waals surface area contributed by atoms with Crippen LogP contribution < -0.4 is 10.1 Å². The molecule has 0 saturated heterocycles. The van der Waals surface area contributed by atoms with E-state index in [1.54, 1.807) is 18.2 Å². The highest BCUT2D eigenvalue weighted by Crippen LogP contribution is 2.25. The van der Waals surface area contributed by atoms with E-state index in [4.69, 9.17) is 9.84 Å². The Balaban J connectivity index is 1.95. The van der Waals surface area contributed by atoms with Gasteiger partial charge in [0.15, 0.2) is 0 Å². The van der Waals surface area contributed by atoms with Crippen LogP contribution in [0.15, 0.2) is 59.5 Å². The number of amides is 1. The number of rotatable bonds is 12. The third-order valence-electron chi connectivity index (χ3n) is 4.36. The zero-order valence-electron chi connectivity index (χ0n) is 17.5. The lowest BCUT2D eigenvalue weighted by molar-refractivity contribution is -0.137. The summed E-state index contributed by atoms with van der Waals surface area (Å²) >= 11 is 1.85. The van der Waals surface area contributed by atoms with Crippen molar-refractivity contribution in [1.29, 1.82) is 0 Å². The minimum atomic E-state index is -0.853. The summed E-state index contributed by atoms with van der Waals surface area (Å²) in [5.74, 6) is 0.546. The van der Waals surface area contributed by atoms with E-state index in [1.807, 2.05) is 43.0 Å². The molecule has 0 radical (unpaired) electrons. The Labute approximate surface area is 182 Å².